The number of aliphatic hydroxyl groups excluding tert-OH is 1. The van der Waals surface area contributed by atoms with Crippen molar-refractivity contribution in [1.29, 1.82) is 0 Å². The molecule has 2 aromatic rings. The van der Waals surface area contributed by atoms with Crippen molar-refractivity contribution in [2.75, 3.05) is 19.7 Å². The van der Waals surface area contributed by atoms with Gasteiger partial charge in [0.1, 0.15) is 0 Å². The van der Waals surface area contributed by atoms with Gasteiger partial charge in [0.25, 0.3) is 5.91 Å². The van der Waals surface area contributed by atoms with Crippen molar-refractivity contribution in [3.05, 3.63) is 41.6 Å². The summed E-state index contributed by atoms with van der Waals surface area (Å²) in [5.74, 6) is 0.364. The minimum Gasteiger partial charge on any atom is -0.396 e. The van der Waals surface area contributed by atoms with Gasteiger partial charge in [-0.1, -0.05) is 39.0 Å². The van der Waals surface area contributed by atoms with Crippen molar-refractivity contribution >= 4 is 16.8 Å². The number of aromatic nitrogens is 1. The zero-order valence-electron chi connectivity index (χ0n) is 15.5. The van der Waals surface area contributed by atoms with E-state index >= 15 is 0 Å². The van der Waals surface area contributed by atoms with Gasteiger partial charge in [-0.2, -0.15) is 0 Å². The fourth-order valence-electron chi connectivity index (χ4n) is 3.65. The van der Waals surface area contributed by atoms with Crippen molar-refractivity contribution in [1.82, 2.24) is 9.88 Å². The summed E-state index contributed by atoms with van der Waals surface area (Å²) in [7, 11) is 0. The van der Waals surface area contributed by atoms with Gasteiger partial charge in [0.2, 0.25) is 0 Å². The van der Waals surface area contributed by atoms with Gasteiger partial charge in [0.05, 0.1) is 11.1 Å². The molecule has 1 aliphatic heterocycles. The number of carbonyl (C=O) groups excluding carboxylic acids is 1. The summed E-state index contributed by atoms with van der Waals surface area (Å²) in [6.45, 7) is 7.95. The summed E-state index contributed by atoms with van der Waals surface area (Å²) in [4.78, 5) is 19.9. The molecular formula is C21H28N2O2. The molecule has 1 saturated heterocycles. The average Bonchev–Trinajstić information content (AvgIpc) is 2.66. The Morgan fingerprint density at radius 3 is 2.56 bits per heavy atom. The highest BCUT2D eigenvalue weighted by atomic mass is 16.3. The number of likely N-dealkylation sites (tertiary alicyclic amines) is 1. The van der Waals surface area contributed by atoms with Crippen LogP contribution in [0, 0.1) is 5.41 Å². The predicted molar refractivity (Wildman–Crippen MR) is 101 cm³/mol. The topological polar surface area (TPSA) is 53.4 Å². The van der Waals surface area contributed by atoms with Gasteiger partial charge in [-0.05, 0) is 42.7 Å². The Hall–Kier alpha value is -1.94. The first-order chi connectivity index (χ1) is 12.0. The smallest absolute Gasteiger partial charge is 0.254 e. The van der Waals surface area contributed by atoms with E-state index < -0.39 is 0 Å². The predicted octanol–water partition coefficient (Wildman–Crippen LogP) is 3.98. The molecule has 0 aliphatic carbocycles. The third kappa shape index (κ3) is 3.40. The van der Waals surface area contributed by atoms with Crippen LogP contribution in [0.4, 0.5) is 0 Å². The third-order valence-corrected chi connectivity index (χ3v) is 5.75. The van der Waals surface area contributed by atoms with Crippen molar-refractivity contribution in [2.24, 2.45) is 5.41 Å². The molecule has 0 saturated carbocycles. The molecule has 0 unspecified atom stereocenters. The summed E-state index contributed by atoms with van der Waals surface area (Å²) >= 11 is 0. The Morgan fingerprint density at radius 1 is 1.28 bits per heavy atom. The van der Waals surface area contributed by atoms with Gasteiger partial charge in [-0.15, -0.1) is 0 Å². The molecule has 134 valence electrons. The quantitative estimate of drug-likeness (QED) is 0.916. The maximum Gasteiger partial charge on any atom is 0.254 e. The first kappa shape index (κ1) is 17.9. The van der Waals surface area contributed by atoms with Crippen molar-refractivity contribution < 1.29 is 9.90 Å². The standard InChI is InChI=1S/C21H28N2O2/c1-4-21(14-24)9-11-23(12-10-21)20(25)17-13-19(15(2)3)22-18-8-6-5-7-16(17)18/h5-8,13,15,24H,4,9-12,14H2,1-3H3. The SMILES string of the molecule is CCC1(CO)CCN(C(=O)c2cc(C(C)C)nc3ccccc23)CC1. The second-order valence-electron chi connectivity index (χ2n) is 7.57. The molecule has 1 fully saturated rings. The van der Waals surface area contributed by atoms with Gasteiger partial charge < -0.3 is 10.0 Å². The fourth-order valence-corrected chi connectivity index (χ4v) is 3.65. The van der Waals surface area contributed by atoms with Gasteiger partial charge in [0, 0.05) is 30.8 Å². The summed E-state index contributed by atoms with van der Waals surface area (Å²) in [5.41, 5.74) is 2.58. The Bertz CT molecular complexity index is 756. The van der Waals surface area contributed by atoms with Crippen molar-refractivity contribution in [2.45, 2.75) is 46.0 Å². The van der Waals surface area contributed by atoms with Crippen LogP contribution in [0.25, 0.3) is 10.9 Å². The second kappa shape index (κ2) is 7.12. The maximum absolute atomic E-state index is 13.2. The van der Waals surface area contributed by atoms with Gasteiger partial charge in [-0.25, -0.2) is 0 Å². The summed E-state index contributed by atoms with van der Waals surface area (Å²) in [6, 6.07) is 9.84. The lowest BCUT2D eigenvalue weighted by molar-refractivity contribution is 0.0339. The molecule has 0 radical (unpaired) electrons. The highest BCUT2D eigenvalue weighted by Gasteiger charge is 2.34. The zero-order chi connectivity index (χ0) is 18.0. The number of pyridine rings is 1. The number of fused-ring (bicyclic) bond motifs is 1. The van der Waals surface area contributed by atoms with E-state index in [4.69, 9.17) is 4.98 Å². The van der Waals surface area contributed by atoms with Gasteiger partial charge in [-0.3, -0.25) is 9.78 Å². The summed E-state index contributed by atoms with van der Waals surface area (Å²) in [5, 5.41) is 10.6. The van der Waals surface area contributed by atoms with Crippen molar-refractivity contribution in [3.63, 3.8) is 0 Å². The lowest BCUT2D eigenvalue weighted by atomic mass is 9.77. The van der Waals surface area contributed by atoms with Gasteiger partial charge in [0.15, 0.2) is 0 Å². The molecule has 4 nitrogen and oxygen atoms in total. The minimum absolute atomic E-state index is 0.0137. The number of rotatable bonds is 4. The lowest BCUT2D eigenvalue weighted by Crippen LogP contribution is -2.44. The molecule has 1 aromatic carbocycles. The fraction of sp³-hybridized carbons (Fsp3) is 0.524. The van der Waals surface area contributed by atoms with Crippen LogP contribution in [0.1, 0.15) is 62.0 Å². The van der Waals surface area contributed by atoms with Crippen LogP contribution in [0.2, 0.25) is 0 Å². The molecule has 0 atom stereocenters. The molecule has 1 amide bonds. The maximum atomic E-state index is 13.2. The van der Waals surface area contributed by atoms with Crippen LogP contribution in [0.5, 0.6) is 0 Å². The number of benzene rings is 1. The second-order valence-corrected chi connectivity index (χ2v) is 7.57. The highest BCUT2D eigenvalue weighted by molar-refractivity contribution is 6.06. The van der Waals surface area contributed by atoms with Crippen LogP contribution in [-0.2, 0) is 0 Å². The molecule has 3 rings (SSSR count). The zero-order valence-corrected chi connectivity index (χ0v) is 15.5. The molecule has 1 aromatic heterocycles. The van der Waals surface area contributed by atoms with Crippen LogP contribution in [-0.4, -0.2) is 40.6 Å². The average molecular weight is 340 g/mol. The molecule has 4 heteroatoms. The first-order valence-corrected chi connectivity index (χ1v) is 9.29. The molecule has 0 bridgehead atoms. The number of hydrogen-bond donors (Lipinski definition) is 1. The van der Waals surface area contributed by atoms with E-state index in [9.17, 15) is 9.90 Å². The van der Waals surface area contributed by atoms with E-state index in [0.717, 1.165) is 41.4 Å². The highest BCUT2D eigenvalue weighted by Crippen LogP contribution is 2.35. The number of aliphatic hydroxyl groups is 1. The molecule has 1 N–H and O–H groups in total. The summed E-state index contributed by atoms with van der Waals surface area (Å²) < 4.78 is 0. The number of para-hydroxylation sites is 1. The van der Waals surface area contributed by atoms with E-state index in [-0.39, 0.29) is 23.8 Å². The monoisotopic (exact) mass is 340 g/mol. The molecule has 0 spiro atoms. The Labute approximate surface area is 149 Å². The lowest BCUT2D eigenvalue weighted by Gasteiger charge is -2.40. The number of piperidine rings is 1. The Balaban J connectivity index is 1.92. The molecule has 25 heavy (non-hydrogen) atoms. The molecule has 1 aliphatic rings. The van der Waals surface area contributed by atoms with Crippen LogP contribution in [0.3, 0.4) is 0 Å². The Kier molecular flexibility index (Phi) is 5.09. The van der Waals surface area contributed by atoms with Crippen LogP contribution >= 0.6 is 0 Å². The number of amides is 1. The van der Waals surface area contributed by atoms with Gasteiger partial charge >= 0.3 is 0 Å². The van der Waals surface area contributed by atoms with E-state index in [1.165, 1.54) is 0 Å². The normalized spacial score (nSPS) is 17.2. The molecular weight excluding hydrogens is 312 g/mol. The van der Waals surface area contributed by atoms with E-state index in [1.807, 2.05) is 35.2 Å². The van der Waals surface area contributed by atoms with Crippen LogP contribution < -0.4 is 0 Å². The summed E-state index contributed by atoms with van der Waals surface area (Å²) in [6.07, 6.45) is 2.69. The van der Waals surface area contributed by atoms with Crippen molar-refractivity contribution in [3.8, 4) is 0 Å². The molecule has 2 heterocycles. The number of carbonyl (C=O) groups is 1. The first-order valence-electron chi connectivity index (χ1n) is 9.29. The van der Waals surface area contributed by atoms with E-state index in [2.05, 4.69) is 20.8 Å². The third-order valence-electron chi connectivity index (χ3n) is 5.75. The minimum atomic E-state index is -0.0137. The number of hydrogen-bond acceptors (Lipinski definition) is 3. The number of nitrogens with zero attached hydrogens (tertiary/aromatic N) is 2. The Morgan fingerprint density at radius 2 is 1.96 bits per heavy atom. The van der Waals surface area contributed by atoms with E-state index in [1.54, 1.807) is 0 Å². The van der Waals surface area contributed by atoms with Crippen LogP contribution in [0.15, 0.2) is 30.3 Å². The largest absolute Gasteiger partial charge is 0.396 e. The van der Waals surface area contributed by atoms with E-state index in [0.29, 0.717) is 13.1 Å².